The van der Waals surface area contributed by atoms with Gasteiger partial charge in [0.2, 0.25) is 5.91 Å². The molecular formula is C10H17NO2. The number of hydrogen-bond donors (Lipinski definition) is 2. The molecule has 3 nitrogen and oxygen atoms in total. The maximum atomic E-state index is 11.6. The van der Waals surface area contributed by atoms with Gasteiger partial charge in [-0.15, -0.1) is 0 Å². The Bertz CT molecular complexity index is 249. The summed E-state index contributed by atoms with van der Waals surface area (Å²) in [7, 11) is 0. The highest BCUT2D eigenvalue weighted by Crippen LogP contribution is 2.48. The van der Waals surface area contributed by atoms with Crippen molar-refractivity contribution in [3.8, 4) is 0 Å². The van der Waals surface area contributed by atoms with Gasteiger partial charge < -0.3 is 10.4 Å². The molecule has 1 aliphatic carbocycles. The predicted molar refractivity (Wildman–Crippen MR) is 48.8 cm³/mol. The first-order chi connectivity index (χ1) is 5.97. The molecule has 2 fully saturated rings. The monoisotopic (exact) mass is 183 g/mol. The van der Waals surface area contributed by atoms with Crippen LogP contribution in [0.25, 0.3) is 0 Å². The lowest BCUT2D eigenvalue weighted by Crippen LogP contribution is -2.48. The Balaban J connectivity index is 2.33. The van der Waals surface area contributed by atoms with Gasteiger partial charge in [-0.2, -0.15) is 0 Å². The fraction of sp³-hybridized carbons (Fsp3) is 0.900. The molecule has 1 saturated carbocycles. The fourth-order valence-electron chi connectivity index (χ4n) is 2.78. The van der Waals surface area contributed by atoms with Crippen molar-refractivity contribution < 1.29 is 9.90 Å². The molecule has 74 valence electrons. The predicted octanol–water partition coefficient (Wildman–Crippen LogP) is 1.02. The summed E-state index contributed by atoms with van der Waals surface area (Å²) in [5.74, 6) is 0.100. The summed E-state index contributed by atoms with van der Waals surface area (Å²) in [5.41, 5.74) is -1.30. The van der Waals surface area contributed by atoms with Crippen LogP contribution in [0.1, 0.15) is 39.5 Å². The molecule has 2 atom stereocenters. The summed E-state index contributed by atoms with van der Waals surface area (Å²) in [6.07, 6.45) is 3.82. The third-order valence-corrected chi connectivity index (χ3v) is 3.66. The Labute approximate surface area is 78.5 Å². The van der Waals surface area contributed by atoms with Crippen LogP contribution in [0.4, 0.5) is 0 Å². The molecule has 0 aromatic carbocycles. The summed E-state index contributed by atoms with van der Waals surface area (Å²) in [4.78, 5) is 11.6. The SMILES string of the molecule is CC1(C)C(=O)N[C@]2(O)CCCCC12. The standard InChI is InChI=1S/C10H17NO2/c1-9(2)7-5-3-4-6-10(7,13)11-8(9)12/h7,13H,3-6H2,1-2H3,(H,11,12)/t7?,10-/m0/s1. The van der Waals surface area contributed by atoms with E-state index in [0.29, 0.717) is 6.42 Å². The average molecular weight is 183 g/mol. The second-order valence-corrected chi connectivity index (χ2v) is 4.90. The third-order valence-electron chi connectivity index (χ3n) is 3.66. The van der Waals surface area contributed by atoms with Crippen LogP contribution >= 0.6 is 0 Å². The van der Waals surface area contributed by atoms with Gasteiger partial charge in [-0.3, -0.25) is 4.79 Å². The van der Waals surface area contributed by atoms with Gasteiger partial charge in [-0.1, -0.05) is 20.3 Å². The van der Waals surface area contributed by atoms with Crippen molar-refractivity contribution in [3.63, 3.8) is 0 Å². The number of carbonyl (C=O) groups excluding carboxylic acids is 1. The van der Waals surface area contributed by atoms with Gasteiger partial charge in [-0.05, 0) is 19.3 Å². The van der Waals surface area contributed by atoms with Crippen LogP contribution in [0.3, 0.4) is 0 Å². The van der Waals surface area contributed by atoms with Crippen LogP contribution in [-0.4, -0.2) is 16.7 Å². The van der Waals surface area contributed by atoms with Gasteiger partial charge in [0.15, 0.2) is 0 Å². The normalized spacial score (nSPS) is 42.7. The van der Waals surface area contributed by atoms with Crippen LogP contribution in [-0.2, 0) is 4.79 Å². The van der Waals surface area contributed by atoms with Crippen LogP contribution in [0.5, 0.6) is 0 Å². The van der Waals surface area contributed by atoms with E-state index in [4.69, 9.17) is 0 Å². The highest BCUT2D eigenvalue weighted by atomic mass is 16.3. The molecule has 0 aromatic rings. The lowest BCUT2D eigenvalue weighted by molar-refractivity contribution is -0.127. The number of carbonyl (C=O) groups is 1. The molecule has 0 spiro atoms. The van der Waals surface area contributed by atoms with Crippen molar-refractivity contribution in [2.75, 3.05) is 0 Å². The number of rotatable bonds is 0. The molecule has 1 aliphatic heterocycles. The molecule has 2 N–H and O–H groups in total. The molecule has 1 amide bonds. The van der Waals surface area contributed by atoms with Crippen molar-refractivity contribution in [1.29, 1.82) is 0 Å². The summed E-state index contributed by atoms with van der Waals surface area (Å²) < 4.78 is 0. The van der Waals surface area contributed by atoms with E-state index in [1.165, 1.54) is 0 Å². The van der Waals surface area contributed by atoms with Gasteiger partial charge in [0.1, 0.15) is 5.72 Å². The van der Waals surface area contributed by atoms with Gasteiger partial charge in [-0.25, -0.2) is 0 Å². The Morgan fingerprint density at radius 1 is 1.46 bits per heavy atom. The van der Waals surface area contributed by atoms with E-state index in [0.717, 1.165) is 19.3 Å². The van der Waals surface area contributed by atoms with E-state index in [-0.39, 0.29) is 11.8 Å². The summed E-state index contributed by atoms with van der Waals surface area (Å²) in [6, 6.07) is 0. The lowest BCUT2D eigenvalue weighted by atomic mass is 9.70. The largest absolute Gasteiger partial charge is 0.371 e. The first-order valence-electron chi connectivity index (χ1n) is 5.02. The van der Waals surface area contributed by atoms with E-state index in [9.17, 15) is 9.90 Å². The Hall–Kier alpha value is -0.570. The van der Waals surface area contributed by atoms with E-state index in [2.05, 4.69) is 5.32 Å². The molecule has 3 heteroatoms. The summed E-state index contributed by atoms with van der Waals surface area (Å²) in [5, 5.41) is 12.9. The van der Waals surface area contributed by atoms with Gasteiger partial charge in [0.25, 0.3) is 0 Å². The molecule has 1 saturated heterocycles. The number of amides is 1. The maximum Gasteiger partial charge on any atom is 0.228 e. The zero-order valence-corrected chi connectivity index (χ0v) is 8.26. The van der Waals surface area contributed by atoms with Crippen LogP contribution in [0, 0.1) is 11.3 Å². The number of nitrogens with one attached hydrogen (secondary N) is 1. The third kappa shape index (κ3) is 1.10. The first kappa shape index (κ1) is 9.00. The van der Waals surface area contributed by atoms with Gasteiger partial charge >= 0.3 is 0 Å². The minimum atomic E-state index is -0.904. The van der Waals surface area contributed by atoms with Crippen LogP contribution < -0.4 is 5.32 Å². The molecule has 0 radical (unpaired) electrons. The van der Waals surface area contributed by atoms with Gasteiger partial charge in [0, 0.05) is 5.92 Å². The molecular weight excluding hydrogens is 166 g/mol. The number of aliphatic hydroxyl groups is 1. The molecule has 0 aromatic heterocycles. The van der Waals surface area contributed by atoms with Crippen molar-refractivity contribution in [2.24, 2.45) is 11.3 Å². The van der Waals surface area contributed by atoms with E-state index in [1.54, 1.807) is 0 Å². The molecule has 1 heterocycles. The van der Waals surface area contributed by atoms with Crippen molar-refractivity contribution in [2.45, 2.75) is 45.3 Å². The molecule has 2 rings (SSSR count). The highest BCUT2D eigenvalue weighted by molar-refractivity contribution is 5.85. The van der Waals surface area contributed by atoms with E-state index in [1.807, 2.05) is 13.8 Å². The summed E-state index contributed by atoms with van der Waals surface area (Å²) in [6.45, 7) is 3.85. The van der Waals surface area contributed by atoms with E-state index >= 15 is 0 Å². The fourth-order valence-corrected chi connectivity index (χ4v) is 2.78. The molecule has 0 bridgehead atoms. The second kappa shape index (κ2) is 2.47. The lowest BCUT2D eigenvalue weighted by Gasteiger charge is -2.37. The highest BCUT2D eigenvalue weighted by Gasteiger charge is 2.57. The van der Waals surface area contributed by atoms with Crippen LogP contribution in [0.15, 0.2) is 0 Å². The minimum Gasteiger partial charge on any atom is -0.371 e. The molecule has 2 aliphatic rings. The van der Waals surface area contributed by atoms with E-state index < -0.39 is 11.1 Å². The number of fused-ring (bicyclic) bond motifs is 1. The zero-order chi connectivity index (χ0) is 9.69. The van der Waals surface area contributed by atoms with Crippen molar-refractivity contribution in [3.05, 3.63) is 0 Å². The van der Waals surface area contributed by atoms with Gasteiger partial charge in [0.05, 0.1) is 5.41 Å². The van der Waals surface area contributed by atoms with Crippen LogP contribution in [0.2, 0.25) is 0 Å². The average Bonchev–Trinajstić information content (AvgIpc) is 2.20. The topological polar surface area (TPSA) is 49.3 Å². The molecule has 13 heavy (non-hydrogen) atoms. The summed E-state index contributed by atoms with van der Waals surface area (Å²) >= 11 is 0. The number of hydrogen-bond acceptors (Lipinski definition) is 2. The smallest absolute Gasteiger partial charge is 0.228 e. The second-order valence-electron chi connectivity index (χ2n) is 4.90. The van der Waals surface area contributed by atoms with Crippen molar-refractivity contribution in [1.82, 2.24) is 5.32 Å². The Morgan fingerprint density at radius 3 is 2.77 bits per heavy atom. The first-order valence-corrected chi connectivity index (χ1v) is 5.02. The zero-order valence-electron chi connectivity index (χ0n) is 8.26. The quantitative estimate of drug-likeness (QED) is 0.589. The Morgan fingerprint density at radius 2 is 2.15 bits per heavy atom. The Kier molecular flexibility index (Phi) is 1.71. The maximum absolute atomic E-state index is 11.6. The van der Waals surface area contributed by atoms with Crippen molar-refractivity contribution >= 4 is 5.91 Å². The minimum absolute atomic E-state index is 0.00176. The molecule has 1 unspecified atom stereocenters.